The zero-order chi connectivity index (χ0) is 16.7. The van der Waals surface area contributed by atoms with Gasteiger partial charge in [-0.2, -0.15) is 0 Å². The summed E-state index contributed by atoms with van der Waals surface area (Å²) in [5.41, 5.74) is 1.72. The first-order chi connectivity index (χ1) is 10.9. The van der Waals surface area contributed by atoms with Gasteiger partial charge in [-0.15, -0.1) is 0 Å². The van der Waals surface area contributed by atoms with Crippen LogP contribution in [-0.2, 0) is 11.2 Å². The minimum Gasteiger partial charge on any atom is -0.481 e. The average molecular weight is 316 g/mol. The molecule has 3 heteroatoms. The van der Waals surface area contributed by atoms with Crippen molar-refractivity contribution in [2.24, 2.45) is 22.7 Å². The summed E-state index contributed by atoms with van der Waals surface area (Å²) >= 11 is 0. The van der Waals surface area contributed by atoms with E-state index >= 15 is 0 Å². The molecule has 0 spiro atoms. The summed E-state index contributed by atoms with van der Waals surface area (Å²) in [4.78, 5) is 12.3. The first kappa shape index (κ1) is 16.4. The van der Waals surface area contributed by atoms with Crippen LogP contribution in [0, 0.1) is 22.7 Å². The molecule has 2 aliphatic carbocycles. The highest BCUT2D eigenvalue weighted by Gasteiger charge is 2.59. The highest BCUT2D eigenvalue weighted by Crippen LogP contribution is 2.62. The fraction of sp³-hybridized carbons (Fsp3) is 0.650. The van der Waals surface area contributed by atoms with Crippen LogP contribution < -0.4 is 0 Å². The SMILES string of the molecule is CC1=CCC[C@@H]2[C@@]1(C(=O)O)CC[C@@H](C)[C@@]2(C)CCc1ccoc1. The quantitative estimate of drug-likeness (QED) is 0.788. The minimum atomic E-state index is -0.643. The van der Waals surface area contributed by atoms with E-state index in [1.165, 1.54) is 5.56 Å². The monoisotopic (exact) mass is 316 g/mol. The summed E-state index contributed by atoms with van der Waals surface area (Å²) < 4.78 is 5.19. The van der Waals surface area contributed by atoms with Gasteiger partial charge in [-0.1, -0.05) is 25.5 Å². The van der Waals surface area contributed by atoms with Crippen LogP contribution in [0.1, 0.15) is 58.4 Å². The maximum absolute atomic E-state index is 12.3. The Kier molecular flexibility index (Phi) is 4.16. The summed E-state index contributed by atoms with van der Waals surface area (Å²) in [7, 11) is 0. The van der Waals surface area contributed by atoms with Gasteiger partial charge in [0.2, 0.25) is 0 Å². The number of aliphatic carboxylic acids is 1. The molecule has 23 heavy (non-hydrogen) atoms. The van der Waals surface area contributed by atoms with Crippen molar-refractivity contribution >= 4 is 5.97 Å². The predicted octanol–water partition coefficient (Wildman–Crippen LogP) is 5.08. The molecule has 1 aromatic rings. The number of rotatable bonds is 4. The van der Waals surface area contributed by atoms with Crippen LogP contribution in [-0.4, -0.2) is 11.1 Å². The fourth-order valence-electron chi connectivity index (χ4n) is 5.25. The molecule has 0 aliphatic heterocycles. The lowest BCUT2D eigenvalue weighted by atomic mass is 9.46. The summed E-state index contributed by atoms with van der Waals surface area (Å²) in [6, 6.07) is 2.02. The molecule has 1 aromatic heterocycles. The van der Waals surface area contributed by atoms with E-state index < -0.39 is 11.4 Å². The number of aryl methyl sites for hydroxylation is 1. The van der Waals surface area contributed by atoms with Crippen molar-refractivity contribution in [2.75, 3.05) is 0 Å². The smallest absolute Gasteiger partial charge is 0.314 e. The molecule has 0 unspecified atom stereocenters. The molecule has 0 amide bonds. The van der Waals surface area contributed by atoms with Crippen LogP contribution in [0.2, 0.25) is 0 Å². The Bertz CT molecular complexity index is 600. The summed E-state index contributed by atoms with van der Waals surface area (Å²) in [6.45, 7) is 6.68. The van der Waals surface area contributed by atoms with Crippen molar-refractivity contribution in [1.82, 2.24) is 0 Å². The van der Waals surface area contributed by atoms with Gasteiger partial charge < -0.3 is 9.52 Å². The predicted molar refractivity (Wildman–Crippen MR) is 90.1 cm³/mol. The third-order valence-corrected chi connectivity index (χ3v) is 7.01. The van der Waals surface area contributed by atoms with E-state index in [1.54, 1.807) is 6.26 Å². The molecule has 3 rings (SSSR count). The van der Waals surface area contributed by atoms with Crippen LogP contribution in [0.5, 0.6) is 0 Å². The van der Waals surface area contributed by atoms with Crippen LogP contribution in [0.3, 0.4) is 0 Å². The van der Waals surface area contributed by atoms with E-state index in [0.29, 0.717) is 5.92 Å². The number of allylic oxidation sites excluding steroid dienone is 1. The van der Waals surface area contributed by atoms with Gasteiger partial charge in [-0.05, 0) is 74.3 Å². The third-order valence-electron chi connectivity index (χ3n) is 7.01. The highest BCUT2D eigenvalue weighted by atomic mass is 16.4. The van der Waals surface area contributed by atoms with Crippen molar-refractivity contribution in [2.45, 2.75) is 59.3 Å². The number of carboxylic acids is 1. The van der Waals surface area contributed by atoms with E-state index in [1.807, 2.05) is 19.3 Å². The number of carboxylic acid groups (broad SMARTS) is 1. The van der Waals surface area contributed by atoms with E-state index in [9.17, 15) is 9.90 Å². The lowest BCUT2D eigenvalue weighted by molar-refractivity contribution is -0.162. The van der Waals surface area contributed by atoms with Gasteiger partial charge in [-0.3, -0.25) is 4.79 Å². The average Bonchev–Trinajstić information content (AvgIpc) is 3.03. The number of furan rings is 1. The van der Waals surface area contributed by atoms with Crippen molar-refractivity contribution < 1.29 is 14.3 Å². The summed E-state index contributed by atoms with van der Waals surface area (Å²) in [6.07, 6.45) is 11.5. The van der Waals surface area contributed by atoms with Crippen molar-refractivity contribution in [3.05, 3.63) is 35.8 Å². The molecular weight excluding hydrogens is 288 g/mol. The van der Waals surface area contributed by atoms with Crippen molar-refractivity contribution in [3.8, 4) is 0 Å². The van der Waals surface area contributed by atoms with Crippen LogP contribution >= 0.6 is 0 Å². The lowest BCUT2D eigenvalue weighted by Gasteiger charge is -2.57. The molecule has 126 valence electrons. The third kappa shape index (κ3) is 2.45. The summed E-state index contributed by atoms with van der Waals surface area (Å²) in [5.74, 6) is 0.170. The van der Waals surface area contributed by atoms with E-state index in [0.717, 1.165) is 44.1 Å². The number of fused-ring (bicyclic) bond motifs is 1. The van der Waals surface area contributed by atoms with Crippen LogP contribution in [0.4, 0.5) is 0 Å². The Hall–Kier alpha value is -1.51. The van der Waals surface area contributed by atoms with Gasteiger partial charge in [0.05, 0.1) is 17.9 Å². The first-order valence-electron chi connectivity index (χ1n) is 8.83. The Morgan fingerprint density at radius 1 is 1.43 bits per heavy atom. The topological polar surface area (TPSA) is 50.4 Å². The van der Waals surface area contributed by atoms with Crippen LogP contribution in [0.25, 0.3) is 0 Å². The number of hydrogen-bond donors (Lipinski definition) is 1. The molecule has 1 saturated carbocycles. The molecule has 0 aromatic carbocycles. The molecule has 0 bridgehead atoms. The molecule has 1 N–H and O–H groups in total. The second-order valence-corrected chi connectivity index (χ2v) is 7.87. The van der Waals surface area contributed by atoms with Gasteiger partial charge in [0.15, 0.2) is 0 Å². The van der Waals surface area contributed by atoms with E-state index in [2.05, 4.69) is 19.9 Å². The lowest BCUT2D eigenvalue weighted by Crippen LogP contribution is -2.54. The molecular formula is C20H28O3. The Labute approximate surface area is 138 Å². The van der Waals surface area contributed by atoms with Gasteiger partial charge in [0, 0.05) is 0 Å². The zero-order valence-electron chi connectivity index (χ0n) is 14.5. The van der Waals surface area contributed by atoms with E-state index in [4.69, 9.17) is 4.42 Å². The van der Waals surface area contributed by atoms with Crippen molar-refractivity contribution in [1.29, 1.82) is 0 Å². The van der Waals surface area contributed by atoms with Gasteiger partial charge >= 0.3 is 5.97 Å². The fourth-order valence-corrected chi connectivity index (χ4v) is 5.25. The normalized spacial score (nSPS) is 37.1. The number of hydrogen-bond acceptors (Lipinski definition) is 2. The van der Waals surface area contributed by atoms with Gasteiger partial charge in [-0.25, -0.2) is 0 Å². The molecule has 4 atom stereocenters. The Morgan fingerprint density at radius 3 is 2.87 bits per heavy atom. The maximum Gasteiger partial charge on any atom is 0.314 e. The van der Waals surface area contributed by atoms with Gasteiger partial charge in [0.25, 0.3) is 0 Å². The molecule has 1 heterocycles. The molecule has 0 radical (unpaired) electrons. The van der Waals surface area contributed by atoms with Crippen LogP contribution in [0.15, 0.2) is 34.7 Å². The Morgan fingerprint density at radius 2 is 2.22 bits per heavy atom. The largest absolute Gasteiger partial charge is 0.481 e. The highest BCUT2D eigenvalue weighted by molar-refractivity contribution is 5.79. The summed E-state index contributed by atoms with van der Waals surface area (Å²) in [5, 5.41) is 10.1. The standard InChI is InChI=1S/C20H28O3/c1-14-7-11-20(18(21)22)15(2)5-4-6-17(20)19(14,3)10-8-16-9-12-23-13-16/h5,9,12-14,17H,4,6-8,10-11H2,1-3H3,(H,21,22)/t14-,17+,19-,20-/m1/s1. The minimum absolute atomic E-state index is 0.0590. The second kappa shape index (κ2) is 5.85. The second-order valence-electron chi connectivity index (χ2n) is 7.87. The zero-order valence-corrected chi connectivity index (χ0v) is 14.5. The molecule has 3 nitrogen and oxygen atoms in total. The van der Waals surface area contributed by atoms with E-state index in [-0.39, 0.29) is 11.3 Å². The van der Waals surface area contributed by atoms with Gasteiger partial charge in [0.1, 0.15) is 0 Å². The molecule has 2 aliphatic rings. The van der Waals surface area contributed by atoms with Crippen molar-refractivity contribution in [3.63, 3.8) is 0 Å². The maximum atomic E-state index is 12.3. The molecule has 1 fully saturated rings. The molecule has 0 saturated heterocycles. The first-order valence-corrected chi connectivity index (χ1v) is 8.83. The Balaban J connectivity index is 1.94. The number of carbonyl (C=O) groups is 1.